The van der Waals surface area contributed by atoms with Crippen molar-refractivity contribution in [2.45, 2.75) is 90.6 Å². The molecular formula is C20H40O5Si2. The molecule has 0 aromatic heterocycles. The minimum atomic E-state index is -1.70. The predicted octanol–water partition coefficient (Wildman–Crippen LogP) is 5.44. The predicted molar refractivity (Wildman–Crippen MR) is 116 cm³/mol. The summed E-state index contributed by atoms with van der Waals surface area (Å²) in [4.78, 5) is 23.2. The number of unbranched alkanes of at least 4 members (excludes halogenated alkanes) is 5. The van der Waals surface area contributed by atoms with Gasteiger partial charge in [0, 0.05) is 12.2 Å². The van der Waals surface area contributed by atoms with Gasteiger partial charge in [-0.3, -0.25) is 0 Å². The molecule has 0 fully saturated rings. The van der Waals surface area contributed by atoms with Crippen LogP contribution in [0, 0.1) is 0 Å². The number of carbonyl (C=O) groups is 2. The van der Waals surface area contributed by atoms with Crippen molar-refractivity contribution in [3.05, 3.63) is 12.2 Å². The Hall–Kier alpha value is -0.926. The Bertz CT molecular complexity index is 456. The van der Waals surface area contributed by atoms with E-state index in [1.54, 1.807) is 0 Å². The fraction of sp³-hybridized carbons (Fsp3) is 0.800. The van der Waals surface area contributed by atoms with E-state index in [2.05, 4.69) is 39.7 Å². The lowest BCUT2D eigenvalue weighted by molar-refractivity contribution is -0.140. The van der Waals surface area contributed by atoms with Gasteiger partial charge in [0.2, 0.25) is 0 Å². The summed E-state index contributed by atoms with van der Waals surface area (Å²) >= 11 is 0. The number of hydrogen-bond acceptors (Lipinski definition) is 5. The van der Waals surface area contributed by atoms with Gasteiger partial charge in [0.25, 0.3) is 0 Å². The van der Waals surface area contributed by atoms with Gasteiger partial charge < -0.3 is 13.6 Å². The lowest BCUT2D eigenvalue weighted by atomic mass is 10.1. The Labute approximate surface area is 168 Å². The highest BCUT2D eigenvalue weighted by Gasteiger charge is 2.28. The van der Waals surface area contributed by atoms with Crippen molar-refractivity contribution in [1.29, 1.82) is 0 Å². The Kier molecular flexibility index (Phi) is 13.6. The molecule has 0 aromatic rings. The van der Waals surface area contributed by atoms with Crippen LogP contribution in [0.3, 0.4) is 0 Å². The van der Waals surface area contributed by atoms with Crippen molar-refractivity contribution in [1.82, 2.24) is 0 Å². The average molecular weight is 417 g/mol. The van der Waals surface area contributed by atoms with E-state index in [1.807, 2.05) is 0 Å². The number of rotatable bonds is 15. The smallest absolute Gasteiger partial charge is 0.331 e. The van der Waals surface area contributed by atoms with Crippen molar-refractivity contribution < 1.29 is 23.2 Å². The summed E-state index contributed by atoms with van der Waals surface area (Å²) in [7, 11) is -3.23. The first-order valence-electron chi connectivity index (χ1n) is 10.3. The van der Waals surface area contributed by atoms with Crippen LogP contribution < -0.4 is 0 Å². The van der Waals surface area contributed by atoms with Gasteiger partial charge in [0.05, 0.1) is 13.2 Å². The molecule has 0 N–H and O–H groups in total. The zero-order valence-corrected chi connectivity index (χ0v) is 20.3. The van der Waals surface area contributed by atoms with E-state index < -0.39 is 28.6 Å². The molecule has 27 heavy (non-hydrogen) atoms. The van der Waals surface area contributed by atoms with Crippen LogP contribution in [0.1, 0.15) is 51.9 Å². The van der Waals surface area contributed by atoms with Gasteiger partial charge in [-0.05, 0) is 51.6 Å². The van der Waals surface area contributed by atoms with Crippen LogP contribution in [0.2, 0.25) is 38.8 Å². The van der Waals surface area contributed by atoms with Crippen molar-refractivity contribution in [2.24, 2.45) is 0 Å². The molecule has 5 nitrogen and oxygen atoms in total. The Morgan fingerprint density at radius 1 is 0.741 bits per heavy atom. The number of carbonyl (C=O) groups excluding carboxylic acids is 2. The highest BCUT2D eigenvalue weighted by molar-refractivity contribution is 6.84. The summed E-state index contributed by atoms with van der Waals surface area (Å²) in [6.45, 7) is 13.9. The Morgan fingerprint density at radius 2 is 1.22 bits per heavy atom. The quantitative estimate of drug-likeness (QED) is 0.154. The summed E-state index contributed by atoms with van der Waals surface area (Å²) < 4.78 is 16.5. The van der Waals surface area contributed by atoms with Crippen molar-refractivity contribution in [2.75, 3.05) is 13.2 Å². The molecule has 0 spiro atoms. The summed E-state index contributed by atoms with van der Waals surface area (Å²) in [5.74, 6) is -0.991. The molecule has 0 rings (SSSR count). The second-order valence-electron chi connectivity index (χ2n) is 8.51. The lowest BCUT2D eigenvalue weighted by Crippen LogP contribution is -2.42. The van der Waals surface area contributed by atoms with Crippen molar-refractivity contribution in [3.63, 3.8) is 0 Å². The molecule has 0 saturated heterocycles. The molecule has 0 radical (unpaired) electrons. The van der Waals surface area contributed by atoms with Crippen LogP contribution >= 0.6 is 0 Å². The molecule has 0 saturated carbocycles. The first-order valence-corrected chi connectivity index (χ1v) is 16.8. The van der Waals surface area contributed by atoms with E-state index in [-0.39, 0.29) is 0 Å². The molecule has 0 unspecified atom stereocenters. The van der Waals surface area contributed by atoms with Gasteiger partial charge in [-0.15, -0.1) is 0 Å². The second-order valence-corrected chi connectivity index (χ2v) is 17.6. The minimum absolute atomic E-state index is 0.349. The maximum atomic E-state index is 11.6. The third-order valence-electron chi connectivity index (χ3n) is 3.85. The zero-order valence-electron chi connectivity index (χ0n) is 18.3. The Morgan fingerprint density at radius 3 is 1.74 bits per heavy atom. The average Bonchev–Trinajstić information content (AvgIpc) is 2.54. The van der Waals surface area contributed by atoms with E-state index in [9.17, 15) is 9.59 Å². The van der Waals surface area contributed by atoms with E-state index in [1.165, 1.54) is 25.7 Å². The summed E-state index contributed by atoms with van der Waals surface area (Å²) in [5.41, 5.74) is 0. The molecule has 0 aliphatic rings. The fourth-order valence-corrected chi connectivity index (χ4v) is 10.9. The topological polar surface area (TPSA) is 61.8 Å². The zero-order chi connectivity index (χ0) is 20.8. The molecule has 7 heteroatoms. The van der Waals surface area contributed by atoms with E-state index in [4.69, 9.17) is 13.6 Å². The summed E-state index contributed by atoms with van der Waals surface area (Å²) in [5, 5.41) is 0. The first kappa shape index (κ1) is 26.1. The second kappa shape index (κ2) is 14.1. The van der Waals surface area contributed by atoms with E-state index in [0.717, 1.165) is 37.5 Å². The molecule has 0 aromatic carbocycles. The first-order chi connectivity index (χ1) is 12.6. The maximum Gasteiger partial charge on any atom is 0.331 e. The van der Waals surface area contributed by atoms with Crippen molar-refractivity contribution in [3.8, 4) is 0 Å². The normalized spacial score (nSPS) is 12.4. The van der Waals surface area contributed by atoms with Gasteiger partial charge in [-0.2, -0.15) is 0 Å². The molecular weight excluding hydrogens is 376 g/mol. The highest BCUT2D eigenvalue weighted by atomic mass is 28.4. The van der Waals surface area contributed by atoms with Gasteiger partial charge in [0.1, 0.15) is 0 Å². The standard InChI is InChI=1S/C20H40O5Si2/c1-7-8-9-10-11-12-16-23-19(21)14-15-20(22)24-17-13-18-27(5,6)25-26(2,3)4/h14-15H,7-13,16-18H2,1-6H3/b15-14+. The number of hydrogen-bond donors (Lipinski definition) is 0. The SMILES string of the molecule is CCCCCCCCOC(=O)/C=C/C(=O)OCCC[Si](C)(C)O[Si](C)(C)C. The van der Waals surface area contributed by atoms with Crippen LogP contribution in [0.15, 0.2) is 12.2 Å². The van der Waals surface area contributed by atoms with Crippen LogP contribution in [0.25, 0.3) is 0 Å². The van der Waals surface area contributed by atoms with Crippen LogP contribution in [-0.4, -0.2) is 41.8 Å². The van der Waals surface area contributed by atoms with Gasteiger partial charge >= 0.3 is 11.9 Å². The maximum absolute atomic E-state index is 11.6. The lowest BCUT2D eigenvalue weighted by Gasteiger charge is -2.31. The van der Waals surface area contributed by atoms with Crippen LogP contribution in [0.5, 0.6) is 0 Å². The third kappa shape index (κ3) is 18.2. The number of esters is 2. The van der Waals surface area contributed by atoms with E-state index >= 15 is 0 Å². The molecule has 0 aliphatic heterocycles. The molecule has 158 valence electrons. The summed E-state index contributed by atoms with van der Waals surface area (Å²) in [6, 6.07) is 0.953. The fourth-order valence-electron chi connectivity index (χ4n) is 2.84. The van der Waals surface area contributed by atoms with Gasteiger partial charge in [-0.25, -0.2) is 9.59 Å². The molecule has 0 bridgehead atoms. The molecule has 0 atom stereocenters. The minimum Gasteiger partial charge on any atom is -0.463 e. The molecule has 0 aliphatic carbocycles. The van der Waals surface area contributed by atoms with Gasteiger partial charge in [0.15, 0.2) is 16.6 Å². The highest BCUT2D eigenvalue weighted by Crippen LogP contribution is 2.19. The van der Waals surface area contributed by atoms with Crippen molar-refractivity contribution >= 4 is 28.6 Å². The largest absolute Gasteiger partial charge is 0.463 e. The third-order valence-corrected chi connectivity index (χ3v) is 10.1. The molecule has 0 amide bonds. The number of ether oxygens (including phenoxy) is 2. The monoisotopic (exact) mass is 416 g/mol. The van der Waals surface area contributed by atoms with Crippen LogP contribution in [-0.2, 0) is 23.2 Å². The Balaban J connectivity index is 3.81. The van der Waals surface area contributed by atoms with Crippen LogP contribution in [0.4, 0.5) is 0 Å². The molecule has 0 heterocycles. The summed E-state index contributed by atoms with van der Waals surface area (Å²) in [6.07, 6.45) is 9.91. The van der Waals surface area contributed by atoms with Gasteiger partial charge in [-0.1, -0.05) is 39.0 Å². The van der Waals surface area contributed by atoms with E-state index in [0.29, 0.717) is 13.2 Å².